The van der Waals surface area contributed by atoms with Gasteiger partial charge < -0.3 is 20.7 Å². The molecule has 4 rings (SSSR count). The number of nitrogens with zero attached hydrogens (tertiary/aromatic N) is 7. The van der Waals surface area contributed by atoms with Crippen molar-refractivity contribution < 1.29 is 14.9 Å². The largest absolute Gasteiger partial charge is 0.394 e. The molecule has 11 nitrogen and oxygen atoms in total. The lowest BCUT2D eigenvalue weighted by Crippen LogP contribution is -2.24. The summed E-state index contributed by atoms with van der Waals surface area (Å²) in [4.78, 5) is 12.8. The summed E-state index contributed by atoms with van der Waals surface area (Å²) in [6.07, 6.45) is 3.06. The van der Waals surface area contributed by atoms with E-state index in [1.54, 1.807) is 10.8 Å². The number of nitrogen functional groups attached to an aromatic ring is 1. The van der Waals surface area contributed by atoms with Gasteiger partial charge in [-0.2, -0.15) is 14.6 Å². The number of hydrogen-bond donors (Lipinski definition) is 3. The first kappa shape index (κ1) is 14.0. The monoisotopic (exact) mass is 318 g/mol. The smallest absolute Gasteiger partial charge is 0.256 e. The predicted octanol–water partition coefficient (Wildman–Crippen LogP) is -1.37. The molecule has 0 bridgehead atoms. The van der Waals surface area contributed by atoms with Gasteiger partial charge in [-0.3, -0.25) is 4.57 Å². The fraction of sp³-hybridized carbons (Fsp3) is 0.417. The van der Waals surface area contributed by atoms with E-state index < -0.39 is 18.4 Å². The molecule has 4 N–H and O–H groups in total. The number of ether oxygens (including phenoxy) is 1. The normalized spacial score (nSPS) is 24.5. The zero-order chi connectivity index (χ0) is 16.0. The molecule has 0 spiro atoms. The molecule has 4 heterocycles. The molecular weight excluding hydrogens is 304 g/mol. The van der Waals surface area contributed by atoms with E-state index in [1.165, 1.54) is 17.2 Å². The summed E-state index contributed by atoms with van der Waals surface area (Å²) in [5, 5.41) is 26.6. The predicted molar refractivity (Wildman–Crippen MR) is 76.3 cm³/mol. The Morgan fingerprint density at radius 2 is 2.26 bits per heavy atom. The highest BCUT2D eigenvalue weighted by Gasteiger charge is 2.35. The van der Waals surface area contributed by atoms with Crippen molar-refractivity contribution in [3.8, 4) is 5.95 Å². The number of nitrogens with two attached hydrogens (primary N) is 1. The molecule has 11 heteroatoms. The van der Waals surface area contributed by atoms with E-state index in [-0.39, 0.29) is 18.4 Å². The van der Waals surface area contributed by atoms with Crippen LogP contribution >= 0.6 is 0 Å². The summed E-state index contributed by atoms with van der Waals surface area (Å²) in [5.41, 5.74) is 6.82. The lowest BCUT2D eigenvalue weighted by molar-refractivity contribution is -0.0432. The van der Waals surface area contributed by atoms with Gasteiger partial charge in [0, 0.05) is 6.42 Å². The second-order valence-electron chi connectivity index (χ2n) is 5.20. The maximum atomic E-state index is 9.89. The topological polar surface area (TPSA) is 150 Å². The van der Waals surface area contributed by atoms with Crippen LogP contribution in [-0.2, 0) is 4.74 Å². The quantitative estimate of drug-likeness (QED) is 0.531. The SMILES string of the molecule is Nc1nc(-n2ccnn2)nc2c1ncn2C1CC(O)C(CO)O1. The number of rotatable bonds is 3. The minimum atomic E-state index is -0.753. The van der Waals surface area contributed by atoms with Crippen LogP contribution in [-0.4, -0.2) is 63.5 Å². The Hall–Kier alpha value is -2.63. The standard InChI is InChI=1S/C12H14N8O3/c13-10-9-11(17-12(16-10)20-2-1-15-18-20)19(5-14-9)8-3-6(22)7(4-21)23-8/h1-2,5-8,21-22H,3-4H2,(H2,13,16,17). The van der Waals surface area contributed by atoms with Crippen LogP contribution in [0.15, 0.2) is 18.7 Å². The molecular formula is C12H14N8O3. The second kappa shape index (κ2) is 5.22. The van der Waals surface area contributed by atoms with Gasteiger partial charge in [0.15, 0.2) is 11.5 Å². The summed E-state index contributed by atoms with van der Waals surface area (Å²) in [5.74, 6) is 0.461. The van der Waals surface area contributed by atoms with Gasteiger partial charge >= 0.3 is 0 Å². The maximum Gasteiger partial charge on any atom is 0.256 e. The summed E-state index contributed by atoms with van der Waals surface area (Å²) < 4.78 is 8.68. The van der Waals surface area contributed by atoms with Gasteiger partial charge in [-0.15, -0.1) is 5.10 Å². The van der Waals surface area contributed by atoms with Crippen LogP contribution in [0.1, 0.15) is 12.6 Å². The fourth-order valence-electron chi connectivity index (χ4n) is 2.60. The van der Waals surface area contributed by atoms with E-state index in [4.69, 9.17) is 10.5 Å². The molecule has 3 aromatic rings. The van der Waals surface area contributed by atoms with Crippen molar-refractivity contribution in [1.82, 2.24) is 34.5 Å². The Morgan fingerprint density at radius 1 is 1.39 bits per heavy atom. The molecule has 23 heavy (non-hydrogen) atoms. The summed E-state index contributed by atoms with van der Waals surface area (Å²) >= 11 is 0. The molecule has 1 aliphatic heterocycles. The summed E-state index contributed by atoms with van der Waals surface area (Å²) in [6.45, 7) is -0.258. The van der Waals surface area contributed by atoms with E-state index in [1.807, 2.05) is 0 Å². The molecule has 3 unspecified atom stereocenters. The molecule has 120 valence electrons. The van der Waals surface area contributed by atoms with Gasteiger partial charge in [-0.25, -0.2) is 4.98 Å². The Morgan fingerprint density at radius 3 is 2.96 bits per heavy atom. The fourth-order valence-corrected chi connectivity index (χ4v) is 2.60. The number of aromatic nitrogens is 7. The Balaban J connectivity index is 1.79. The van der Waals surface area contributed by atoms with Gasteiger partial charge in [0.25, 0.3) is 5.95 Å². The number of anilines is 1. The van der Waals surface area contributed by atoms with E-state index in [0.717, 1.165) is 0 Å². The van der Waals surface area contributed by atoms with Crippen LogP contribution in [0.4, 0.5) is 5.82 Å². The molecule has 0 amide bonds. The van der Waals surface area contributed by atoms with Crippen LogP contribution in [0.5, 0.6) is 0 Å². The van der Waals surface area contributed by atoms with Gasteiger partial charge in [0.1, 0.15) is 17.8 Å². The van der Waals surface area contributed by atoms with E-state index in [0.29, 0.717) is 17.6 Å². The minimum absolute atomic E-state index is 0.205. The van der Waals surface area contributed by atoms with Crippen LogP contribution in [0, 0.1) is 0 Å². The van der Waals surface area contributed by atoms with E-state index in [9.17, 15) is 10.2 Å². The number of fused-ring (bicyclic) bond motifs is 1. The van der Waals surface area contributed by atoms with Crippen LogP contribution < -0.4 is 5.73 Å². The molecule has 0 aromatic carbocycles. The van der Waals surface area contributed by atoms with E-state index >= 15 is 0 Å². The van der Waals surface area contributed by atoms with Crippen molar-refractivity contribution in [2.45, 2.75) is 24.9 Å². The van der Waals surface area contributed by atoms with Crippen molar-refractivity contribution in [2.75, 3.05) is 12.3 Å². The Kier molecular flexibility index (Phi) is 3.18. The molecule has 1 aliphatic rings. The first-order chi connectivity index (χ1) is 11.2. The highest BCUT2D eigenvalue weighted by atomic mass is 16.5. The minimum Gasteiger partial charge on any atom is -0.394 e. The average molecular weight is 318 g/mol. The van der Waals surface area contributed by atoms with Gasteiger partial charge in [-0.1, -0.05) is 5.21 Å². The van der Waals surface area contributed by atoms with Gasteiger partial charge in [-0.05, 0) is 0 Å². The molecule has 1 saturated heterocycles. The molecule has 0 aliphatic carbocycles. The third kappa shape index (κ3) is 2.21. The third-order valence-corrected chi connectivity index (χ3v) is 3.76. The van der Waals surface area contributed by atoms with Crippen molar-refractivity contribution in [2.24, 2.45) is 0 Å². The first-order valence-corrected chi connectivity index (χ1v) is 6.98. The Bertz CT molecular complexity index is 832. The molecule has 3 atom stereocenters. The summed E-state index contributed by atoms with van der Waals surface area (Å²) in [6, 6.07) is 0. The van der Waals surface area contributed by atoms with E-state index in [2.05, 4.69) is 25.3 Å². The molecule has 0 radical (unpaired) electrons. The molecule has 1 fully saturated rings. The Labute approximate surface area is 129 Å². The van der Waals surface area contributed by atoms with Crippen molar-refractivity contribution in [3.05, 3.63) is 18.7 Å². The van der Waals surface area contributed by atoms with Crippen molar-refractivity contribution >= 4 is 17.0 Å². The van der Waals surface area contributed by atoms with Crippen molar-refractivity contribution in [3.63, 3.8) is 0 Å². The second-order valence-corrected chi connectivity index (χ2v) is 5.20. The van der Waals surface area contributed by atoms with Crippen LogP contribution in [0.3, 0.4) is 0 Å². The summed E-state index contributed by atoms with van der Waals surface area (Å²) in [7, 11) is 0. The lowest BCUT2D eigenvalue weighted by Gasteiger charge is -2.13. The lowest BCUT2D eigenvalue weighted by atomic mass is 10.2. The number of aliphatic hydroxyl groups is 2. The zero-order valence-corrected chi connectivity index (χ0v) is 11.9. The average Bonchev–Trinajstić information content (AvgIpc) is 3.25. The third-order valence-electron chi connectivity index (χ3n) is 3.76. The van der Waals surface area contributed by atoms with Crippen LogP contribution in [0.25, 0.3) is 17.1 Å². The van der Waals surface area contributed by atoms with Crippen LogP contribution in [0.2, 0.25) is 0 Å². The maximum absolute atomic E-state index is 9.89. The van der Waals surface area contributed by atoms with Crippen molar-refractivity contribution in [1.29, 1.82) is 0 Å². The molecule has 3 aromatic heterocycles. The highest BCUT2D eigenvalue weighted by molar-refractivity contribution is 5.82. The van der Waals surface area contributed by atoms with Gasteiger partial charge in [0.05, 0.1) is 31.4 Å². The zero-order valence-electron chi connectivity index (χ0n) is 11.9. The molecule has 0 saturated carbocycles. The number of imidazole rings is 1. The highest BCUT2D eigenvalue weighted by Crippen LogP contribution is 2.31. The number of aliphatic hydroxyl groups excluding tert-OH is 2. The van der Waals surface area contributed by atoms with Gasteiger partial charge in [0.2, 0.25) is 0 Å². The number of hydrogen-bond acceptors (Lipinski definition) is 9. The first-order valence-electron chi connectivity index (χ1n) is 6.98.